The van der Waals surface area contributed by atoms with Gasteiger partial charge >= 0.3 is 0 Å². The summed E-state index contributed by atoms with van der Waals surface area (Å²) in [4.78, 5) is 25.8. The highest BCUT2D eigenvalue weighted by molar-refractivity contribution is 7.13. The van der Waals surface area contributed by atoms with Crippen LogP contribution in [-0.4, -0.2) is 15.8 Å². The van der Waals surface area contributed by atoms with Crippen molar-refractivity contribution in [2.45, 2.75) is 6.42 Å². The third-order valence-corrected chi connectivity index (χ3v) is 2.97. The Bertz CT molecular complexity index is 626. The summed E-state index contributed by atoms with van der Waals surface area (Å²) >= 11 is 1.26. The molecule has 1 aromatic heterocycles. The topological polar surface area (TPSA) is 111 Å². The van der Waals surface area contributed by atoms with Gasteiger partial charge in [-0.25, -0.2) is 4.98 Å². The van der Waals surface area contributed by atoms with Crippen molar-refractivity contribution in [2.75, 3.05) is 11.1 Å². The lowest BCUT2D eigenvalue weighted by Gasteiger charge is -2.03. The number of anilines is 2. The van der Waals surface area contributed by atoms with Gasteiger partial charge in [0, 0.05) is 23.2 Å². The first kappa shape index (κ1) is 13.0. The van der Waals surface area contributed by atoms with Crippen LogP contribution in [-0.2, 0) is 11.2 Å². The van der Waals surface area contributed by atoms with Crippen LogP contribution in [0.1, 0.15) is 5.69 Å². The molecule has 7 nitrogen and oxygen atoms in total. The number of nitrogen functional groups attached to an aromatic ring is 1. The molecule has 2 aromatic rings. The maximum Gasteiger partial charge on any atom is 0.271 e. The highest BCUT2D eigenvalue weighted by Gasteiger charge is 2.10. The molecule has 0 atom stereocenters. The molecule has 0 aliphatic carbocycles. The molecule has 0 bridgehead atoms. The number of nitrogens with one attached hydrogen (secondary N) is 1. The maximum atomic E-state index is 11.7. The molecule has 8 heteroatoms. The number of hydrogen-bond acceptors (Lipinski definition) is 6. The van der Waals surface area contributed by atoms with E-state index >= 15 is 0 Å². The molecular formula is C11H10N4O3S. The molecule has 0 saturated heterocycles. The molecule has 0 saturated carbocycles. The Labute approximate surface area is 112 Å². The fourth-order valence-electron chi connectivity index (χ4n) is 1.47. The van der Waals surface area contributed by atoms with E-state index in [2.05, 4.69) is 10.3 Å². The first-order valence-corrected chi connectivity index (χ1v) is 6.17. The average molecular weight is 278 g/mol. The third kappa shape index (κ3) is 3.49. The molecule has 19 heavy (non-hydrogen) atoms. The van der Waals surface area contributed by atoms with E-state index in [0.29, 0.717) is 16.5 Å². The predicted molar refractivity (Wildman–Crippen MR) is 72.0 cm³/mol. The molecule has 0 aliphatic heterocycles. The summed E-state index contributed by atoms with van der Waals surface area (Å²) in [5.41, 5.74) is 6.34. The number of nitro benzene ring substituents is 1. The van der Waals surface area contributed by atoms with E-state index < -0.39 is 4.92 Å². The van der Waals surface area contributed by atoms with Gasteiger partial charge in [0.25, 0.3) is 5.69 Å². The second kappa shape index (κ2) is 5.44. The quantitative estimate of drug-likeness (QED) is 0.654. The number of amides is 1. The van der Waals surface area contributed by atoms with Gasteiger partial charge in [0.05, 0.1) is 17.0 Å². The Morgan fingerprint density at radius 2 is 2.32 bits per heavy atom. The molecule has 0 aliphatic rings. The number of nitrogens with zero attached hydrogens (tertiary/aromatic N) is 2. The van der Waals surface area contributed by atoms with Gasteiger partial charge in [0.1, 0.15) is 0 Å². The van der Waals surface area contributed by atoms with E-state index in [4.69, 9.17) is 5.73 Å². The fourth-order valence-corrected chi connectivity index (χ4v) is 2.03. The van der Waals surface area contributed by atoms with Crippen molar-refractivity contribution in [1.29, 1.82) is 0 Å². The zero-order valence-electron chi connectivity index (χ0n) is 9.70. The van der Waals surface area contributed by atoms with E-state index in [0.717, 1.165) is 0 Å². The molecule has 1 heterocycles. The number of non-ortho nitro benzene ring substituents is 1. The zero-order valence-corrected chi connectivity index (χ0v) is 10.5. The van der Waals surface area contributed by atoms with E-state index in [9.17, 15) is 14.9 Å². The van der Waals surface area contributed by atoms with Crippen LogP contribution in [0, 0.1) is 10.1 Å². The Kier molecular flexibility index (Phi) is 3.71. The van der Waals surface area contributed by atoms with Crippen LogP contribution in [0.25, 0.3) is 0 Å². The van der Waals surface area contributed by atoms with Crippen molar-refractivity contribution in [2.24, 2.45) is 0 Å². The van der Waals surface area contributed by atoms with E-state index in [-0.39, 0.29) is 18.0 Å². The first-order chi connectivity index (χ1) is 9.04. The number of thiazole rings is 1. The first-order valence-electron chi connectivity index (χ1n) is 5.29. The van der Waals surface area contributed by atoms with Crippen molar-refractivity contribution < 1.29 is 9.72 Å². The van der Waals surface area contributed by atoms with Crippen LogP contribution >= 0.6 is 11.3 Å². The Hall–Kier alpha value is -2.48. The molecule has 0 fully saturated rings. The summed E-state index contributed by atoms with van der Waals surface area (Å²) in [6.45, 7) is 0. The third-order valence-electron chi connectivity index (χ3n) is 2.25. The minimum absolute atomic E-state index is 0.0734. The second-order valence-electron chi connectivity index (χ2n) is 3.71. The fraction of sp³-hybridized carbons (Fsp3) is 0.0909. The van der Waals surface area contributed by atoms with Crippen molar-refractivity contribution in [3.05, 3.63) is 45.5 Å². The normalized spacial score (nSPS) is 10.1. The molecule has 1 amide bonds. The molecule has 0 unspecified atom stereocenters. The average Bonchev–Trinajstić information content (AvgIpc) is 2.74. The number of nitro groups is 1. The number of benzene rings is 1. The van der Waals surface area contributed by atoms with Gasteiger partial charge in [-0.05, 0) is 6.07 Å². The summed E-state index contributed by atoms with van der Waals surface area (Å²) in [5.74, 6) is -0.300. The number of rotatable bonds is 4. The molecular weight excluding hydrogens is 268 g/mol. The minimum atomic E-state index is -0.517. The smallest absolute Gasteiger partial charge is 0.271 e. The van der Waals surface area contributed by atoms with Crippen LogP contribution in [0.15, 0.2) is 29.6 Å². The Balaban J connectivity index is 2.02. The highest BCUT2D eigenvalue weighted by Crippen LogP contribution is 2.17. The molecule has 0 spiro atoms. The molecule has 98 valence electrons. The van der Waals surface area contributed by atoms with Crippen molar-refractivity contribution in [3.63, 3.8) is 0 Å². The van der Waals surface area contributed by atoms with Gasteiger partial charge in [0.2, 0.25) is 5.91 Å². The van der Waals surface area contributed by atoms with Gasteiger partial charge in [-0.15, -0.1) is 11.3 Å². The number of aromatic nitrogens is 1. The second-order valence-corrected chi connectivity index (χ2v) is 4.60. The lowest BCUT2D eigenvalue weighted by molar-refractivity contribution is -0.384. The molecule has 0 radical (unpaired) electrons. The summed E-state index contributed by atoms with van der Waals surface area (Å²) in [6.07, 6.45) is 0.0798. The van der Waals surface area contributed by atoms with Gasteiger partial charge in [0.15, 0.2) is 5.13 Å². The van der Waals surface area contributed by atoms with Crippen LogP contribution in [0.2, 0.25) is 0 Å². The van der Waals surface area contributed by atoms with Crippen LogP contribution < -0.4 is 11.1 Å². The Morgan fingerprint density at radius 3 is 2.95 bits per heavy atom. The number of nitrogens with two attached hydrogens (primary N) is 1. The standard InChI is InChI=1S/C11H10N4O3S/c12-11-14-8(6-19-11)5-10(16)13-7-2-1-3-9(4-7)15(17)18/h1-4,6H,5H2,(H2,12,14)(H,13,16). The van der Waals surface area contributed by atoms with E-state index in [1.54, 1.807) is 11.4 Å². The van der Waals surface area contributed by atoms with Gasteiger partial charge in [-0.3, -0.25) is 14.9 Å². The van der Waals surface area contributed by atoms with Crippen LogP contribution in [0.5, 0.6) is 0 Å². The maximum absolute atomic E-state index is 11.7. The van der Waals surface area contributed by atoms with Crippen LogP contribution in [0.4, 0.5) is 16.5 Å². The van der Waals surface area contributed by atoms with E-state index in [1.165, 1.54) is 29.5 Å². The van der Waals surface area contributed by atoms with Crippen molar-refractivity contribution in [3.8, 4) is 0 Å². The Morgan fingerprint density at radius 1 is 1.53 bits per heavy atom. The summed E-state index contributed by atoms with van der Waals surface area (Å²) in [7, 11) is 0. The number of carbonyl (C=O) groups is 1. The lowest BCUT2D eigenvalue weighted by atomic mass is 10.2. The largest absolute Gasteiger partial charge is 0.375 e. The SMILES string of the molecule is Nc1nc(CC(=O)Nc2cccc([N+](=O)[O-])c2)cs1. The summed E-state index contributed by atoms with van der Waals surface area (Å²) in [6, 6.07) is 5.75. The van der Waals surface area contributed by atoms with Gasteiger partial charge < -0.3 is 11.1 Å². The molecule has 2 rings (SSSR count). The minimum Gasteiger partial charge on any atom is -0.375 e. The highest BCUT2D eigenvalue weighted by atomic mass is 32.1. The molecule has 3 N–H and O–H groups in total. The van der Waals surface area contributed by atoms with Gasteiger partial charge in [-0.1, -0.05) is 6.07 Å². The summed E-state index contributed by atoms with van der Waals surface area (Å²) in [5, 5.41) is 15.3. The monoisotopic (exact) mass is 278 g/mol. The van der Waals surface area contributed by atoms with E-state index in [1.807, 2.05) is 0 Å². The number of hydrogen-bond donors (Lipinski definition) is 2. The van der Waals surface area contributed by atoms with Gasteiger partial charge in [-0.2, -0.15) is 0 Å². The lowest BCUT2D eigenvalue weighted by Crippen LogP contribution is -2.14. The summed E-state index contributed by atoms with van der Waals surface area (Å²) < 4.78 is 0. The number of carbonyl (C=O) groups excluding carboxylic acids is 1. The molecule has 1 aromatic carbocycles. The predicted octanol–water partition coefficient (Wildman–Crippen LogP) is 1.81. The van der Waals surface area contributed by atoms with Crippen molar-refractivity contribution >= 4 is 33.8 Å². The van der Waals surface area contributed by atoms with Crippen molar-refractivity contribution in [1.82, 2.24) is 4.98 Å². The zero-order chi connectivity index (χ0) is 13.8. The van der Waals surface area contributed by atoms with Crippen LogP contribution in [0.3, 0.4) is 0 Å².